The van der Waals surface area contributed by atoms with E-state index in [9.17, 15) is 13.2 Å². The van der Waals surface area contributed by atoms with Gasteiger partial charge in [0.1, 0.15) is 12.4 Å². The fourth-order valence-corrected chi connectivity index (χ4v) is 3.41. The zero-order valence-corrected chi connectivity index (χ0v) is 14.8. The number of nitrogens with one attached hydrogen (secondary N) is 1. The lowest BCUT2D eigenvalue weighted by molar-refractivity contribution is -0.120. The molecule has 8 heteroatoms. The predicted octanol–water partition coefficient (Wildman–Crippen LogP) is 1.86. The van der Waals surface area contributed by atoms with E-state index in [0.717, 1.165) is 19.4 Å². The van der Waals surface area contributed by atoms with Crippen molar-refractivity contribution in [3.63, 3.8) is 0 Å². The molecule has 1 aromatic rings. The summed E-state index contributed by atoms with van der Waals surface area (Å²) in [6, 6.07) is 5.97. The Bertz CT molecular complexity index is 699. The Morgan fingerprint density at radius 1 is 1.33 bits per heavy atom. The molecule has 1 aliphatic heterocycles. The number of hydrogen-bond donors (Lipinski definition) is 1. The molecule has 0 aliphatic carbocycles. The highest BCUT2D eigenvalue weighted by molar-refractivity contribution is 7.90. The van der Waals surface area contributed by atoms with Gasteiger partial charge < -0.3 is 15.0 Å². The average molecular weight is 353 g/mol. The van der Waals surface area contributed by atoms with E-state index in [1.807, 2.05) is 18.9 Å². The van der Waals surface area contributed by atoms with Gasteiger partial charge in [-0.3, -0.25) is 4.79 Å². The Balaban J connectivity index is 2.02. The second kappa shape index (κ2) is 8.25. The summed E-state index contributed by atoms with van der Waals surface area (Å²) in [5.74, 6) is 0.312. The molecule has 0 bridgehead atoms. The van der Waals surface area contributed by atoms with E-state index in [-0.39, 0.29) is 17.4 Å². The molecule has 0 aromatic heterocycles. The average Bonchev–Trinajstić information content (AvgIpc) is 2.92. The van der Waals surface area contributed by atoms with Crippen molar-refractivity contribution in [2.45, 2.75) is 31.1 Å². The maximum Gasteiger partial charge on any atom is 0.283 e. The molecule has 2 rings (SSSR count). The molecule has 0 spiro atoms. The lowest BCUT2D eigenvalue weighted by Crippen LogP contribution is -2.20. The second-order valence-electron chi connectivity index (χ2n) is 5.63. The molecule has 1 N–H and O–H groups in total. The third-order valence-electron chi connectivity index (χ3n) is 3.58. The van der Waals surface area contributed by atoms with Crippen LogP contribution < -0.4 is 5.32 Å². The van der Waals surface area contributed by atoms with Crippen LogP contribution in [0.2, 0.25) is 0 Å². The Morgan fingerprint density at radius 3 is 2.62 bits per heavy atom. The van der Waals surface area contributed by atoms with Gasteiger partial charge in [0.15, 0.2) is 0 Å². The molecule has 1 fully saturated rings. The van der Waals surface area contributed by atoms with Crippen LogP contribution in [-0.2, 0) is 19.6 Å². The summed E-state index contributed by atoms with van der Waals surface area (Å²) in [4.78, 5) is 13.6. The van der Waals surface area contributed by atoms with E-state index in [1.54, 1.807) is 12.1 Å². The number of nitrogens with zero attached hydrogens (tertiary/aromatic N) is 2. The van der Waals surface area contributed by atoms with Crippen molar-refractivity contribution >= 4 is 27.5 Å². The number of amidine groups is 1. The molecule has 7 nitrogen and oxygen atoms in total. The summed E-state index contributed by atoms with van der Waals surface area (Å²) in [6.45, 7) is 3.29. The van der Waals surface area contributed by atoms with Crippen molar-refractivity contribution in [3.05, 3.63) is 24.3 Å². The number of carbonyl (C=O) groups is 1. The first-order valence-corrected chi connectivity index (χ1v) is 9.39. The molecule has 0 radical (unpaired) electrons. The second-order valence-corrected chi connectivity index (χ2v) is 7.24. The zero-order valence-electron chi connectivity index (χ0n) is 14.0. The molecule has 1 aliphatic rings. The highest BCUT2D eigenvalue weighted by Gasteiger charge is 2.20. The van der Waals surface area contributed by atoms with Gasteiger partial charge >= 0.3 is 0 Å². The van der Waals surface area contributed by atoms with E-state index < -0.39 is 10.0 Å². The van der Waals surface area contributed by atoms with Crippen LogP contribution in [0.3, 0.4) is 0 Å². The first kappa shape index (κ1) is 18.4. The quantitative estimate of drug-likeness (QED) is 0.756. The van der Waals surface area contributed by atoms with Gasteiger partial charge in [0, 0.05) is 32.3 Å². The Morgan fingerprint density at radius 2 is 2.04 bits per heavy atom. The fourth-order valence-electron chi connectivity index (χ4n) is 2.32. The van der Waals surface area contributed by atoms with Crippen LogP contribution in [0.25, 0.3) is 0 Å². The summed E-state index contributed by atoms with van der Waals surface area (Å²) in [5, 5.41) is 2.66. The number of anilines is 1. The van der Waals surface area contributed by atoms with Crippen molar-refractivity contribution in [2.75, 3.05) is 32.1 Å². The van der Waals surface area contributed by atoms with Gasteiger partial charge in [-0.05, 0) is 37.1 Å². The third-order valence-corrected chi connectivity index (χ3v) is 4.90. The number of ether oxygens (including phenoxy) is 1. The number of amides is 1. The van der Waals surface area contributed by atoms with Crippen LogP contribution in [-0.4, -0.2) is 51.9 Å². The van der Waals surface area contributed by atoms with Crippen LogP contribution in [0.15, 0.2) is 33.6 Å². The molecule has 0 saturated carbocycles. The minimum atomic E-state index is -3.73. The molecule has 1 saturated heterocycles. The maximum absolute atomic E-state index is 12.3. The number of hydrogen-bond acceptors (Lipinski definition) is 4. The standard InChI is InChI=1S/C16H23N3O4S/c1-3-11-23-12-16(20)17-13-6-8-14(9-7-13)24(21,22)18-15-5-4-10-19(15)2/h6-9H,3-5,10-12H2,1-2H3,(H,17,20). The topological polar surface area (TPSA) is 88.1 Å². The number of sulfonamides is 1. The number of carbonyl (C=O) groups excluding carboxylic acids is 1. The van der Waals surface area contributed by atoms with Gasteiger partial charge in [0.25, 0.3) is 10.0 Å². The van der Waals surface area contributed by atoms with Crippen LogP contribution in [0.1, 0.15) is 26.2 Å². The fraction of sp³-hybridized carbons (Fsp3) is 0.500. The lowest BCUT2D eigenvalue weighted by Gasteiger charge is -2.11. The van der Waals surface area contributed by atoms with Gasteiger partial charge in [0.2, 0.25) is 5.91 Å². The van der Waals surface area contributed by atoms with Crippen molar-refractivity contribution in [2.24, 2.45) is 4.40 Å². The van der Waals surface area contributed by atoms with E-state index in [2.05, 4.69) is 9.71 Å². The minimum Gasteiger partial charge on any atom is -0.372 e. The minimum absolute atomic E-state index is 0.0200. The smallest absolute Gasteiger partial charge is 0.283 e. The summed E-state index contributed by atoms with van der Waals surface area (Å²) < 4.78 is 33.7. The van der Waals surface area contributed by atoms with Crippen LogP contribution in [0.5, 0.6) is 0 Å². The van der Waals surface area contributed by atoms with E-state index in [0.29, 0.717) is 24.6 Å². The summed E-state index contributed by atoms with van der Waals surface area (Å²) >= 11 is 0. The molecule has 0 atom stereocenters. The SMILES string of the molecule is CCCOCC(=O)Nc1ccc(S(=O)(=O)N=C2CCCN2C)cc1. The summed E-state index contributed by atoms with van der Waals surface area (Å²) in [7, 11) is -1.90. The van der Waals surface area contributed by atoms with E-state index >= 15 is 0 Å². The van der Waals surface area contributed by atoms with Crippen molar-refractivity contribution in [1.29, 1.82) is 0 Å². The molecule has 1 aromatic carbocycles. The van der Waals surface area contributed by atoms with Crippen LogP contribution >= 0.6 is 0 Å². The molecule has 0 unspecified atom stereocenters. The molecule has 132 valence electrons. The largest absolute Gasteiger partial charge is 0.372 e. The molecular formula is C16H23N3O4S. The molecule has 1 amide bonds. The normalized spacial score (nSPS) is 16.6. The van der Waals surface area contributed by atoms with Gasteiger partial charge in [-0.2, -0.15) is 8.42 Å². The predicted molar refractivity (Wildman–Crippen MR) is 92.7 cm³/mol. The lowest BCUT2D eigenvalue weighted by atomic mass is 10.3. The molecular weight excluding hydrogens is 330 g/mol. The van der Waals surface area contributed by atoms with Crippen LogP contribution in [0.4, 0.5) is 5.69 Å². The van der Waals surface area contributed by atoms with Gasteiger partial charge in [0.05, 0.1) is 4.90 Å². The summed E-state index contributed by atoms with van der Waals surface area (Å²) in [5.41, 5.74) is 0.518. The number of rotatable bonds is 7. The van der Waals surface area contributed by atoms with Crippen molar-refractivity contribution in [1.82, 2.24) is 4.90 Å². The van der Waals surface area contributed by atoms with E-state index in [4.69, 9.17) is 4.74 Å². The first-order valence-electron chi connectivity index (χ1n) is 7.95. The first-order chi connectivity index (χ1) is 11.4. The highest BCUT2D eigenvalue weighted by Crippen LogP contribution is 2.19. The summed E-state index contributed by atoms with van der Waals surface area (Å²) in [6.07, 6.45) is 2.43. The van der Waals surface area contributed by atoms with Crippen molar-refractivity contribution < 1.29 is 17.9 Å². The molecule has 24 heavy (non-hydrogen) atoms. The number of likely N-dealkylation sites (tertiary alicyclic amines) is 1. The molecule has 1 heterocycles. The Kier molecular flexibility index (Phi) is 6.33. The van der Waals surface area contributed by atoms with E-state index in [1.165, 1.54) is 12.1 Å². The number of benzene rings is 1. The van der Waals surface area contributed by atoms with Gasteiger partial charge in [-0.15, -0.1) is 4.40 Å². The monoisotopic (exact) mass is 353 g/mol. The Hall–Kier alpha value is -1.93. The van der Waals surface area contributed by atoms with Crippen molar-refractivity contribution in [3.8, 4) is 0 Å². The highest BCUT2D eigenvalue weighted by atomic mass is 32.2. The zero-order chi connectivity index (χ0) is 17.6. The third kappa shape index (κ3) is 5.04. The Labute approximate surface area is 142 Å². The van der Waals surface area contributed by atoms with Crippen LogP contribution in [0, 0.1) is 0 Å². The van der Waals surface area contributed by atoms with Gasteiger partial charge in [-0.25, -0.2) is 0 Å². The van der Waals surface area contributed by atoms with Gasteiger partial charge in [-0.1, -0.05) is 6.92 Å². The maximum atomic E-state index is 12.3.